The van der Waals surface area contributed by atoms with Gasteiger partial charge >= 0.3 is 0 Å². The summed E-state index contributed by atoms with van der Waals surface area (Å²) in [5.41, 5.74) is 2.27. The van der Waals surface area contributed by atoms with Crippen molar-refractivity contribution in [2.45, 2.75) is 20.0 Å². The van der Waals surface area contributed by atoms with Crippen molar-refractivity contribution in [3.05, 3.63) is 59.7 Å². The Balaban J connectivity index is 1.32. The predicted octanol–water partition coefficient (Wildman–Crippen LogP) is 2.74. The molecule has 0 aromatic heterocycles. The summed E-state index contributed by atoms with van der Waals surface area (Å²) in [6.07, 6.45) is -0.479. The summed E-state index contributed by atoms with van der Waals surface area (Å²) in [5.74, 6) is 1.79. The van der Waals surface area contributed by atoms with Gasteiger partial charge in [-0.1, -0.05) is 30.3 Å². The van der Waals surface area contributed by atoms with Crippen LogP contribution in [0.4, 0.5) is 0 Å². The van der Waals surface area contributed by atoms with E-state index in [0.717, 1.165) is 49.8 Å². The Morgan fingerprint density at radius 3 is 2.39 bits per heavy atom. The SMILES string of the molecule is Cc1ccc(C)c(OCC(O)CN2CCN(CCOc3ccccc3)CC2)c1. The van der Waals surface area contributed by atoms with Crippen molar-refractivity contribution in [2.75, 3.05) is 52.5 Å². The molecule has 2 aromatic carbocycles. The van der Waals surface area contributed by atoms with Gasteiger partial charge in [-0.05, 0) is 43.2 Å². The van der Waals surface area contributed by atoms with E-state index in [1.165, 1.54) is 5.56 Å². The van der Waals surface area contributed by atoms with Gasteiger partial charge in [-0.15, -0.1) is 0 Å². The van der Waals surface area contributed by atoms with Gasteiger partial charge in [0.05, 0.1) is 0 Å². The quantitative estimate of drug-likeness (QED) is 0.720. The minimum atomic E-state index is -0.479. The molecule has 0 spiro atoms. The number of benzene rings is 2. The lowest BCUT2D eigenvalue weighted by Gasteiger charge is -2.35. The Hall–Kier alpha value is -2.08. The summed E-state index contributed by atoms with van der Waals surface area (Å²) in [4.78, 5) is 4.73. The highest BCUT2D eigenvalue weighted by Crippen LogP contribution is 2.19. The molecule has 0 saturated carbocycles. The third kappa shape index (κ3) is 6.51. The maximum absolute atomic E-state index is 10.4. The van der Waals surface area contributed by atoms with E-state index in [1.807, 2.05) is 50.2 Å². The molecule has 1 unspecified atom stereocenters. The van der Waals surface area contributed by atoms with Gasteiger partial charge < -0.3 is 14.6 Å². The van der Waals surface area contributed by atoms with Crippen molar-refractivity contribution < 1.29 is 14.6 Å². The number of aliphatic hydroxyl groups excluding tert-OH is 1. The lowest BCUT2D eigenvalue weighted by molar-refractivity contribution is 0.0435. The second kappa shape index (κ2) is 10.5. The van der Waals surface area contributed by atoms with E-state index in [2.05, 4.69) is 21.9 Å². The molecule has 1 N–H and O–H groups in total. The molecule has 0 bridgehead atoms. The van der Waals surface area contributed by atoms with Gasteiger partial charge in [0.15, 0.2) is 0 Å². The van der Waals surface area contributed by atoms with Crippen LogP contribution in [-0.2, 0) is 0 Å². The first-order valence-corrected chi connectivity index (χ1v) is 10.1. The first-order valence-electron chi connectivity index (χ1n) is 10.1. The molecule has 1 aliphatic rings. The lowest BCUT2D eigenvalue weighted by atomic mass is 10.1. The fourth-order valence-corrected chi connectivity index (χ4v) is 3.40. The number of hydrogen-bond donors (Lipinski definition) is 1. The molecule has 2 aromatic rings. The third-order valence-electron chi connectivity index (χ3n) is 5.13. The molecule has 5 nitrogen and oxygen atoms in total. The zero-order valence-corrected chi connectivity index (χ0v) is 17.0. The number of rotatable bonds is 9. The van der Waals surface area contributed by atoms with Crippen LogP contribution in [-0.4, -0.2) is 73.5 Å². The fraction of sp³-hybridized carbons (Fsp3) is 0.478. The number of para-hydroxylation sites is 1. The molecule has 0 amide bonds. The van der Waals surface area contributed by atoms with E-state index in [0.29, 0.717) is 19.8 Å². The Morgan fingerprint density at radius 1 is 0.929 bits per heavy atom. The summed E-state index contributed by atoms with van der Waals surface area (Å²) in [5, 5.41) is 10.4. The number of aliphatic hydroxyl groups is 1. The van der Waals surface area contributed by atoms with E-state index in [-0.39, 0.29) is 0 Å². The van der Waals surface area contributed by atoms with Crippen LogP contribution in [0.2, 0.25) is 0 Å². The van der Waals surface area contributed by atoms with Crippen molar-refractivity contribution in [2.24, 2.45) is 0 Å². The number of hydrogen-bond acceptors (Lipinski definition) is 5. The summed E-state index contributed by atoms with van der Waals surface area (Å²) >= 11 is 0. The zero-order valence-electron chi connectivity index (χ0n) is 17.0. The maximum atomic E-state index is 10.4. The molecule has 3 rings (SSSR count). The van der Waals surface area contributed by atoms with Crippen molar-refractivity contribution in [1.29, 1.82) is 0 Å². The van der Waals surface area contributed by atoms with Crippen LogP contribution in [0.15, 0.2) is 48.5 Å². The van der Waals surface area contributed by atoms with Crippen molar-refractivity contribution in [3.63, 3.8) is 0 Å². The summed E-state index contributed by atoms with van der Waals surface area (Å²) in [7, 11) is 0. The number of ether oxygens (including phenoxy) is 2. The van der Waals surface area contributed by atoms with E-state index < -0.39 is 6.10 Å². The summed E-state index contributed by atoms with van der Waals surface area (Å²) in [6, 6.07) is 16.1. The molecule has 1 aliphatic heterocycles. The van der Waals surface area contributed by atoms with Gasteiger partial charge in [0.2, 0.25) is 0 Å². The zero-order chi connectivity index (χ0) is 19.8. The maximum Gasteiger partial charge on any atom is 0.122 e. The first kappa shape index (κ1) is 20.6. The number of nitrogens with zero attached hydrogens (tertiary/aromatic N) is 2. The van der Waals surface area contributed by atoms with Crippen LogP contribution in [0.1, 0.15) is 11.1 Å². The molecular weight excluding hydrogens is 352 g/mol. The van der Waals surface area contributed by atoms with E-state index in [1.54, 1.807) is 0 Å². The molecule has 0 radical (unpaired) electrons. The van der Waals surface area contributed by atoms with Crippen LogP contribution < -0.4 is 9.47 Å². The van der Waals surface area contributed by atoms with E-state index in [4.69, 9.17) is 9.47 Å². The average molecular weight is 385 g/mol. The van der Waals surface area contributed by atoms with Crippen LogP contribution >= 0.6 is 0 Å². The molecule has 5 heteroatoms. The second-order valence-electron chi connectivity index (χ2n) is 7.54. The predicted molar refractivity (Wildman–Crippen MR) is 112 cm³/mol. The molecule has 1 atom stereocenters. The van der Waals surface area contributed by atoms with Gasteiger partial charge in [0, 0.05) is 39.3 Å². The Morgan fingerprint density at radius 2 is 1.64 bits per heavy atom. The first-order chi connectivity index (χ1) is 13.6. The van der Waals surface area contributed by atoms with Gasteiger partial charge in [-0.3, -0.25) is 9.80 Å². The van der Waals surface area contributed by atoms with E-state index >= 15 is 0 Å². The number of piperazine rings is 1. The smallest absolute Gasteiger partial charge is 0.122 e. The molecule has 1 fully saturated rings. The molecule has 1 saturated heterocycles. The second-order valence-corrected chi connectivity index (χ2v) is 7.54. The Kier molecular flexibility index (Phi) is 7.71. The number of aryl methyl sites for hydroxylation is 2. The van der Waals surface area contributed by atoms with Crippen LogP contribution in [0.5, 0.6) is 11.5 Å². The van der Waals surface area contributed by atoms with Crippen molar-refractivity contribution in [3.8, 4) is 11.5 Å². The summed E-state index contributed by atoms with van der Waals surface area (Å²) < 4.78 is 11.6. The van der Waals surface area contributed by atoms with Gasteiger partial charge in [-0.25, -0.2) is 0 Å². The average Bonchev–Trinajstić information content (AvgIpc) is 2.71. The highest BCUT2D eigenvalue weighted by atomic mass is 16.5. The Bertz CT molecular complexity index is 715. The van der Waals surface area contributed by atoms with Gasteiger partial charge in [-0.2, -0.15) is 0 Å². The molecule has 1 heterocycles. The van der Waals surface area contributed by atoms with Crippen LogP contribution in [0.3, 0.4) is 0 Å². The third-order valence-corrected chi connectivity index (χ3v) is 5.13. The van der Waals surface area contributed by atoms with E-state index in [9.17, 15) is 5.11 Å². The largest absolute Gasteiger partial charge is 0.492 e. The van der Waals surface area contributed by atoms with Crippen LogP contribution in [0.25, 0.3) is 0 Å². The molecule has 0 aliphatic carbocycles. The minimum Gasteiger partial charge on any atom is -0.492 e. The topological polar surface area (TPSA) is 45.2 Å². The Labute approximate surface area is 168 Å². The molecular formula is C23H32N2O3. The van der Waals surface area contributed by atoms with Gasteiger partial charge in [0.1, 0.15) is 30.8 Å². The standard InChI is InChI=1S/C23H32N2O3/c1-19-8-9-20(2)23(16-19)28-18-21(26)17-25-12-10-24(11-13-25)14-15-27-22-6-4-3-5-7-22/h3-9,16,21,26H,10-15,17-18H2,1-2H3. The summed E-state index contributed by atoms with van der Waals surface area (Å²) in [6.45, 7) is 10.6. The fourth-order valence-electron chi connectivity index (χ4n) is 3.40. The highest BCUT2D eigenvalue weighted by molar-refractivity contribution is 5.35. The molecule has 28 heavy (non-hydrogen) atoms. The van der Waals surface area contributed by atoms with Crippen molar-refractivity contribution in [1.82, 2.24) is 9.80 Å². The molecule has 152 valence electrons. The van der Waals surface area contributed by atoms with Crippen LogP contribution in [0, 0.1) is 13.8 Å². The normalized spacial score (nSPS) is 16.7. The van der Waals surface area contributed by atoms with Crippen molar-refractivity contribution >= 4 is 0 Å². The van der Waals surface area contributed by atoms with Gasteiger partial charge in [0.25, 0.3) is 0 Å². The highest BCUT2D eigenvalue weighted by Gasteiger charge is 2.19. The monoisotopic (exact) mass is 384 g/mol. The number of β-amino-alcohol motifs (C(OH)–C–C–N with tert-alkyl or cyclic N) is 1. The lowest BCUT2D eigenvalue weighted by Crippen LogP contribution is -2.50. The minimum absolute atomic E-state index is 0.329.